The maximum absolute atomic E-state index is 12.3. The van der Waals surface area contributed by atoms with Crippen molar-refractivity contribution < 1.29 is 18.8 Å². The number of methoxy groups -OCH3 is 1. The summed E-state index contributed by atoms with van der Waals surface area (Å²) in [6, 6.07) is 20.7. The normalized spacial score (nSPS) is 10.5. The highest BCUT2D eigenvalue weighted by Gasteiger charge is 2.11. The Balaban J connectivity index is 1.24. The van der Waals surface area contributed by atoms with Crippen molar-refractivity contribution in [1.29, 1.82) is 0 Å². The van der Waals surface area contributed by atoms with Gasteiger partial charge in [0, 0.05) is 24.5 Å². The zero-order valence-electron chi connectivity index (χ0n) is 17.5. The van der Waals surface area contributed by atoms with Crippen molar-refractivity contribution >= 4 is 11.6 Å². The van der Waals surface area contributed by atoms with Crippen LogP contribution in [0.1, 0.15) is 17.9 Å². The number of nitrogens with one attached hydrogen (secondary N) is 1. The predicted molar refractivity (Wildman–Crippen MR) is 118 cm³/mol. The van der Waals surface area contributed by atoms with E-state index in [9.17, 15) is 4.79 Å². The van der Waals surface area contributed by atoms with Crippen molar-refractivity contribution in [2.75, 3.05) is 12.4 Å². The van der Waals surface area contributed by atoms with Gasteiger partial charge in [-0.2, -0.15) is 4.98 Å². The topological polar surface area (TPSA) is 99.4 Å². The van der Waals surface area contributed by atoms with E-state index in [1.807, 2.05) is 54.6 Å². The van der Waals surface area contributed by atoms with E-state index >= 15 is 0 Å². The number of carbonyl (C=O) groups excluding carboxylic acids is 1. The first-order valence-electron chi connectivity index (χ1n) is 10.1. The molecule has 0 aliphatic rings. The zero-order chi connectivity index (χ0) is 22.2. The third kappa shape index (κ3) is 5.69. The summed E-state index contributed by atoms with van der Waals surface area (Å²) in [5, 5.41) is 6.77. The van der Waals surface area contributed by atoms with Gasteiger partial charge in [0.2, 0.25) is 23.5 Å². The average molecular weight is 430 g/mol. The molecule has 0 radical (unpaired) electrons. The van der Waals surface area contributed by atoms with Crippen LogP contribution in [0.2, 0.25) is 0 Å². The van der Waals surface area contributed by atoms with E-state index in [-0.39, 0.29) is 12.3 Å². The number of nitrogens with zero attached hydrogens (tertiary/aromatic N) is 3. The molecule has 1 amide bonds. The molecule has 0 saturated carbocycles. The lowest BCUT2D eigenvalue weighted by Crippen LogP contribution is -2.12. The summed E-state index contributed by atoms with van der Waals surface area (Å²) >= 11 is 0. The summed E-state index contributed by atoms with van der Waals surface area (Å²) < 4.78 is 16.0. The molecular weight excluding hydrogens is 408 g/mol. The number of pyridine rings is 1. The number of aromatic nitrogens is 3. The van der Waals surface area contributed by atoms with E-state index < -0.39 is 0 Å². The van der Waals surface area contributed by atoms with E-state index in [0.29, 0.717) is 36.3 Å². The number of carbonyl (C=O) groups is 1. The van der Waals surface area contributed by atoms with Gasteiger partial charge in [0.25, 0.3) is 0 Å². The molecule has 0 bridgehead atoms. The number of ether oxygens (including phenoxy) is 2. The van der Waals surface area contributed by atoms with Crippen molar-refractivity contribution in [1.82, 2.24) is 15.1 Å². The van der Waals surface area contributed by atoms with Crippen molar-refractivity contribution in [2.24, 2.45) is 0 Å². The third-order valence-corrected chi connectivity index (χ3v) is 4.63. The van der Waals surface area contributed by atoms with Gasteiger partial charge in [0.15, 0.2) is 0 Å². The Labute approximate surface area is 185 Å². The molecule has 0 aliphatic carbocycles. The highest BCUT2D eigenvalue weighted by molar-refractivity contribution is 5.90. The highest BCUT2D eigenvalue weighted by Crippen LogP contribution is 2.20. The minimum absolute atomic E-state index is 0.172. The quantitative estimate of drug-likeness (QED) is 0.423. The standard InChI is InChI=1S/C24H22N4O4/c1-30-20-10-7-18(8-11-20)24-27-23(32-28-24)14-12-21(29)26-19-9-13-22(25-15-19)31-16-17-5-3-2-4-6-17/h2-11,13,15H,12,14,16H2,1H3,(H,26,29). The van der Waals surface area contributed by atoms with Crippen LogP contribution in [0.4, 0.5) is 5.69 Å². The fraction of sp³-hybridized carbons (Fsp3) is 0.167. The smallest absolute Gasteiger partial charge is 0.227 e. The van der Waals surface area contributed by atoms with Gasteiger partial charge in [0.05, 0.1) is 19.0 Å². The van der Waals surface area contributed by atoms with Gasteiger partial charge in [-0.1, -0.05) is 35.5 Å². The summed E-state index contributed by atoms with van der Waals surface area (Å²) in [5.74, 6) is 1.93. The van der Waals surface area contributed by atoms with Gasteiger partial charge >= 0.3 is 0 Å². The van der Waals surface area contributed by atoms with Crippen LogP contribution < -0.4 is 14.8 Å². The number of hydrogen-bond acceptors (Lipinski definition) is 7. The summed E-state index contributed by atoms with van der Waals surface area (Å²) in [7, 11) is 1.61. The Hall–Kier alpha value is -4.20. The van der Waals surface area contributed by atoms with Gasteiger partial charge in [-0.05, 0) is 35.9 Å². The second-order valence-corrected chi connectivity index (χ2v) is 6.95. The molecule has 0 unspecified atom stereocenters. The molecule has 0 fully saturated rings. The van der Waals surface area contributed by atoms with E-state index in [1.165, 1.54) is 0 Å². The van der Waals surface area contributed by atoms with E-state index in [1.54, 1.807) is 25.4 Å². The predicted octanol–water partition coefficient (Wildman–Crippen LogP) is 4.29. The van der Waals surface area contributed by atoms with Gasteiger partial charge in [-0.15, -0.1) is 0 Å². The fourth-order valence-electron chi connectivity index (χ4n) is 2.93. The number of benzene rings is 2. The Morgan fingerprint density at radius 2 is 1.84 bits per heavy atom. The van der Waals surface area contributed by atoms with Gasteiger partial charge in [-0.3, -0.25) is 4.79 Å². The van der Waals surface area contributed by atoms with Crippen molar-refractivity contribution in [3.63, 3.8) is 0 Å². The summed E-state index contributed by atoms with van der Waals surface area (Å²) in [4.78, 5) is 20.8. The molecule has 2 heterocycles. The first-order chi connectivity index (χ1) is 15.7. The second-order valence-electron chi connectivity index (χ2n) is 6.95. The van der Waals surface area contributed by atoms with Crippen LogP contribution in [-0.4, -0.2) is 28.1 Å². The Morgan fingerprint density at radius 3 is 2.56 bits per heavy atom. The summed E-state index contributed by atoms with van der Waals surface area (Å²) in [5.41, 5.74) is 2.46. The summed E-state index contributed by atoms with van der Waals surface area (Å²) in [6.07, 6.45) is 2.10. The zero-order valence-corrected chi connectivity index (χ0v) is 17.5. The maximum atomic E-state index is 12.3. The molecule has 162 valence electrons. The molecule has 32 heavy (non-hydrogen) atoms. The van der Waals surface area contributed by atoms with Crippen molar-refractivity contribution in [3.8, 4) is 23.0 Å². The van der Waals surface area contributed by atoms with Crippen LogP contribution in [0.5, 0.6) is 11.6 Å². The molecule has 2 aromatic heterocycles. The fourth-order valence-corrected chi connectivity index (χ4v) is 2.93. The molecule has 8 nitrogen and oxygen atoms in total. The first-order valence-corrected chi connectivity index (χ1v) is 10.1. The number of amides is 1. The molecular formula is C24H22N4O4. The van der Waals surface area contributed by atoms with Crippen LogP contribution in [0.25, 0.3) is 11.4 Å². The van der Waals surface area contributed by atoms with Crippen LogP contribution in [0.3, 0.4) is 0 Å². The van der Waals surface area contributed by atoms with E-state index in [4.69, 9.17) is 14.0 Å². The molecule has 4 rings (SSSR count). The van der Waals surface area contributed by atoms with Crippen molar-refractivity contribution in [2.45, 2.75) is 19.4 Å². The molecule has 2 aromatic carbocycles. The lowest BCUT2D eigenvalue weighted by molar-refractivity contribution is -0.116. The molecule has 0 saturated heterocycles. The molecule has 0 spiro atoms. The minimum atomic E-state index is -0.172. The number of hydrogen-bond donors (Lipinski definition) is 1. The SMILES string of the molecule is COc1ccc(-c2noc(CCC(=O)Nc3ccc(OCc4ccccc4)nc3)n2)cc1. The summed E-state index contributed by atoms with van der Waals surface area (Å²) in [6.45, 7) is 0.433. The van der Waals surface area contributed by atoms with Crippen molar-refractivity contribution in [3.05, 3.63) is 84.4 Å². The van der Waals surface area contributed by atoms with Crippen LogP contribution in [0, 0.1) is 0 Å². The Bertz CT molecular complexity index is 1140. The van der Waals surface area contributed by atoms with Gasteiger partial charge in [0.1, 0.15) is 12.4 Å². The van der Waals surface area contributed by atoms with Crippen LogP contribution in [0.15, 0.2) is 77.4 Å². The van der Waals surface area contributed by atoms with E-state index in [0.717, 1.165) is 16.9 Å². The second kappa shape index (κ2) is 10.2. The van der Waals surface area contributed by atoms with Gasteiger partial charge in [-0.25, -0.2) is 4.98 Å². The number of rotatable bonds is 9. The third-order valence-electron chi connectivity index (χ3n) is 4.63. The lowest BCUT2D eigenvalue weighted by atomic mass is 10.2. The molecule has 8 heteroatoms. The monoisotopic (exact) mass is 430 g/mol. The molecule has 0 atom stereocenters. The minimum Gasteiger partial charge on any atom is -0.497 e. The maximum Gasteiger partial charge on any atom is 0.227 e. The molecule has 4 aromatic rings. The molecule has 0 aliphatic heterocycles. The number of aryl methyl sites for hydroxylation is 1. The first kappa shape index (κ1) is 21.0. The van der Waals surface area contributed by atoms with Crippen LogP contribution >= 0.6 is 0 Å². The number of anilines is 1. The largest absolute Gasteiger partial charge is 0.497 e. The van der Waals surface area contributed by atoms with Crippen LogP contribution in [-0.2, 0) is 17.8 Å². The van der Waals surface area contributed by atoms with E-state index in [2.05, 4.69) is 20.4 Å². The highest BCUT2D eigenvalue weighted by atomic mass is 16.5. The molecule has 1 N–H and O–H groups in total. The average Bonchev–Trinajstić information content (AvgIpc) is 3.32. The lowest BCUT2D eigenvalue weighted by Gasteiger charge is -2.07. The Kier molecular flexibility index (Phi) is 6.72. The Morgan fingerprint density at radius 1 is 1.03 bits per heavy atom. The van der Waals surface area contributed by atoms with Gasteiger partial charge < -0.3 is 19.3 Å².